The number of piperazine rings is 1. The van der Waals surface area contributed by atoms with Gasteiger partial charge in [-0.15, -0.1) is 0 Å². The van der Waals surface area contributed by atoms with Crippen molar-refractivity contribution in [2.24, 2.45) is 0 Å². The molecule has 66 heavy (non-hydrogen) atoms. The van der Waals surface area contributed by atoms with Crippen LogP contribution in [0.4, 0.5) is 11.4 Å². The van der Waals surface area contributed by atoms with E-state index in [1.165, 1.54) is 0 Å². The Kier molecular flexibility index (Phi) is 14.5. The molecular weight excluding hydrogens is 845 g/mol. The van der Waals surface area contributed by atoms with Gasteiger partial charge in [-0.2, -0.15) is 5.26 Å². The zero-order chi connectivity index (χ0) is 46.0. The molecule has 5 aromatic rings. The van der Waals surface area contributed by atoms with Crippen LogP contribution in [0.1, 0.15) is 61.5 Å². The molecule has 6 amide bonds. The van der Waals surface area contributed by atoms with E-state index < -0.39 is 29.7 Å². The van der Waals surface area contributed by atoms with Crippen LogP contribution in [0.2, 0.25) is 0 Å². The van der Waals surface area contributed by atoms with Gasteiger partial charge < -0.3 is 34.6 Å². The molecule has 3 aliphatic heterocycles. The summed E-state index contributed by atoms with van der Waals surface area (Å²) < 4.78 is 16.8. The Bertz CT molecular complexity index is 2710. The highest BCUT2D eigenvalue weighted by molar-refractivity contribution is 6.25. The number of nitriles is 1. The molecule has 340 valence electrons. The molecule has 4 aromatic carbocycles. The maximum Gasteiger partial charge on any atom is 0.264 e. The topological polar surface area (TPSA) is 213 Å². The van der Waals surface area contributed by atoms with E-state index in [2.05, 4.69) is 39.1 Å². The SMILES string of the molecule is N#Cc1ccc2nccc(NCCc3ccc4cc(C(=O)N5CCN(C(=O)CCOCCOCCOCCNc6cccc7c6C(=O)N(C6CCC(=O)NC6=O)C7=O)CC5)ccc4c3)c2c1. The average molecular weight is 895 g/mol. The van der Waals surface area contributed by atoms with Gasteiger partial charge in [-0.05, 0) is 77.7 Å². The fourth-order valence-corrected chi connectivity index (χ4v) is 8.42. The molecule has 8 rings (SSSR count). The first-order valence-corrected chi connectivity index (χ1v) is 22.1. The fraction of sp³-hybridized carbons (Fsp3) is 0.347. The van der Waals surface area contributed by atoms with Crippen molar-refractivity contribution >= 4 is 68.5 Å². The number of pyridine rings is 1. The first-order chi connectivity index (χ1) is 32.2. The molecule has 0 bridgehead atoms. The number of nitrogens with one attached hydrogen (secondary N) is 3. The van der Waals surface area contributed by atoms with Gasteiger partial charge in [0.25, 0.3) is 17.7 Å². The van der Waals surface area contributed by atoms with E-state index in [1.807, 2.05) is 42.5 Å². The second-order valence-electron chi connectivity index (χ2n) is 16.1. The minimum Gasteiger partial charge on any atom is -0.384 e. The number of nitrogens with zero attached hydrogens (tertiary/aromatic N) is 5. The Morgan fingerprint density at radius 3 is 2.27 bits per heavy atom. The summed E-state index contributed by atoms with van der Waals surface area (Å²) >= 11 is 0. The largest absolute Gasteiger partial charge is 0.384 e. The lowest BCUT2D eigenvalue weighted by molar-refractivity contribution is -0.136. The zero-order valence-corrected chi connectivity index (χ0v) is 36.4. The number of carbonyl (C=O) groups is 6. The highest BCUT2D eigenvalue weighted by Gasteiger charge is 2.45. The Morgan fingerprint density at radius 1 is 0.758 bits per heavy atom. The maximum atomic E-state index is 13.5. The van der Waals surface area contributed by atoms with E-state index in [1.54, 1.807) is 40.3 Å². The number of hydrogen-bond donors (Lipinski definition) is 3. The number of benzene rings is 4. The Morgan fingerprint density at radius 2 is 1.48 bits per heavy atom. The first kappa shape index (κ1) is 45.3. The third-order valence-electron chi connectivity index (χ3n) is 11.9. The number of piperidine rings is 1. The van der Waals surface area contributed by atoms with Crippen molar-refractivity contribution in [2.45, 2.75) is 31.7 Å². The lowest BCUT2D eigenvalue weighted by Crippen LogP contribution is -2.54. The number of ether oxygens (including phenoxy) is 3. The van der Waals surface area contributed by atoms with Gasteiger partial charge in [0.15, 0.2) is 0 Å². The molecule has 2 saturated heterocycles. The first-order valence-electron chi connectivity index (χ1n) is 22.1. The Labute approximate surface area is 381 Å². The lowest BCUT2D eigenvalue weighted by atomic mass is 10.0. The molecule has 1 aromatic heterocycles. The minimum atomic E-state index is -1.03. The van der Waals surface area contributed by atoms with Crippen LogP contribution in [0.5, 0.6) is 0 Å². The molecule has 1 unspecified atom stereocenters. The summed E-state index contributed by atoms with van der Waals surface area (Å²) in [5.41, 5.74) is 4.98. The molecular formula is C49H50N8O9. The quantitative estimate of drug-likeness (QED) is 0.0787. The summed E-state index contributed by atoms with van der Waals surface area (Å²) in [7, 11) is 0. The number of hydrogen-bond acceptors (Lipinski definition) is 13. The highest BCUT2D eigenvalue weighted by atomic mass is 16.5. The number of aromatic nitrogens is 1. The number of carbonyl (C=O) groups excluding carboxylic acids is 6. The van der Waals surface area contributed by atoms with E-state index in [9.17, 15) is 34.0 Å². The Hall–Kier alpha value is -7.26. The molecule has 2 fully saturated rings. The number of fused-ring (bicyclic) bond motifs is 3. The van der Waals surface area contributed by atoms with Gasteiger partial charge in [0, 0.05) is 74.2 Å². The monoisotopic (exact) mass is 894 g/mol. The van der Waals surface area contributed by atoms with E-state index >= 15 is 0 Å². The Balaban J connectivity index is 0.670. The molecule has 4 heterocycles. The number of imide groups is 2. The third-order valence-corrected chi connectivity index (χ3v) is 11.9. The predicted octanol–water partition coefficient (Wildman–Crippen LogP) is 4.15. The van der Waals surface area contributed by atoms with Gasteiger partial charge in [-0.25, -0.2) is 0 Å². The van der Waals surface area contributed by atoms with Crippen LogP contribution in [0.25, 0.3) is 21.7 Å². The van der Waals surface area contributed by atoms with Gasteiger partial charge in [-0.3, -0.25) is 44.0 Å². The predicted molar refractivity (Wildman–Crippen MR) is 244 cm³/mol. The van der Waals surface area contributed by atoms with Crippen molar-refractivity contribution in [2.75, 3.05) is 89.5 Å². The van der Waals surface area contributed by atoms with Crippen LogP contribution in [-0.4, -0.2) is 140 Å². The highest BCUT2D eigenvalue weighted by Crippen LogP contribution is 2.32. The van der Waals surface area contributed by atoms with Crippen LogP contribution in [-0.2, 0) is 35.0 Å². The molecule has 0 saturated carbocycles. The van der Waals surface area contributed by atoms with Gasteiger partial charge in [-0.1, -0.05) is 30.3 Å². The summed E-state index contributed by atoms with van der Waals surface area (Å²) in [6.07, 6.45) is 2.92. The summed E-state index contributed by atoms with van der Waals surface area (Å²) in [5.74, 6) is -2.30. The van der Waals surface area contributed by atoms with E-state index in [0.717, 1.165) is 44.2 Å². The summed E-state index contributed by atoms with van der Waals surface area (Å²) in [5, 5.41) is 21.1. The van der Waals surface area contributed by atoms with Crippen molar-refractivity contribution in [3.63, 3.8) is 0 Å². The van der Waals surface area contributed by atoms with E-state index in [-0.39, 0.29) is 48.8 Å². The van der Waals surface area contributed by atoms with Crippen molar-refractivity contribution in [3.8, 4) is 6.07 Å². The van der Waals surface area contributed by atoms with Crippen LogP contribution < -0.4 is 16.0 Å². The molecule has 17 heteroatoms. The van der Waals surface area contributed by atoms with Gasteiger partial charge in [0.05, 0.1) is 74.3 Å². The lowest BCUT2D eigenvalue weighted by Gasteiger charge is -2.35. The average Bonchev–Trinajstić information content (AvgIpc) is 3.59. The molecule has 1 atom stereocenters. The standard InChI is InChI=1S/C49H50N8O9/c50-31-33-5-9-39-38(29-33)40(13-16-52-39)51-15-12-32-4-6-35-30-36(8-7-34(35)28-32)47(61)56-20-18-55(19-21-56)44(59)14-22-64-24-26-66-27-25-65-23-17-53-41-3-1-2-37-45(41)49(63)57(48(37)62)42-10-11-43(58)54-46(42)60/h1-9,13,16,28-30,42,53H,10-12,14-15,17-27H2,(H,51,52)(H,54,58,60). The maximum absolute atomic E-state index is 13.5. The van der Waals surface area contributed by atoms with Crippen molar-refractivity contribution in [1.82, 2.24) is 25.0 Å². The molecule has 0 spiro atoms. The molecule has 3 N–H and O–H groups in total. The fourth-order valence-electron chi connectivity index (χ4n) is 8.42. The normalized spacial score (nSPS) is 16.1. The summed E-state index contributed by atoms with van der Waals surface area (Å²) in [6.45, 7) is 4.73. The van der Waals surface area contributed by atoms with Gasteiger partial charge >= 0.3 is 0 Å². The number of anilines is 2. The minimum absolute atomic E-state index is 0.0212. The number of rotatable bonds is 19. The van der Waals surface area contributed by atoms with Crippen molar-refractivity contribution in [3.05, 3.63) is 113 Å². The van der Waals surface area contributed by atoms with E-state index in [4.69, 9.17) is 14.2 Å². The molecule has 0 aliphatic carbocycles. The van der Waals surface area contributed by atoms with Crippen LogP contribution >= 0.6 is 0 Å². The summed E-state index contributed by atoms with van der Waals surface area (Å²) in [6, 6.07) is 25.5. The van der Waals surface area contributed by atoms with Gasteiger partial charge in [0.1, 0.15) is 6.04 Å². The number of amides is 6. The van der Waals surface area contributed by atoms with Crippen molar-refractivity contribution < 1.29 is 43.0 Å². The van der Waals surface area contributed by atoms with E-state index in [0.29, 0.717) is 89.1 Å². The molecule has 17 nitrogen and oxygen atoms in total. The molecule has 3 aliphatic rings. The zero-order valence-electron chi connectivity index (χ0n) is 36.4. The van der Waals surface area contributed by atoms with Crippen LogP contribution in [0.15, 0.2) is 85.1 Å². The third kappa shape index (κ3) is 10.5. The van der Waals surface area contributed by atoms with Crippen LogP contribution in [0.3, 0.4) is 0 Å². The molecule has 0 radical (unpaired) electrons. The summed E-state index contributed by atoms with van der Waals surface area (Å²) in [4.78, 5) is 85.5. The van der Waals surface area contributed by atoms with Gasteiger partial charge in [0.2, 0.25) is 17.7 Å². The smallest absolute Gasteiger partial charge is 0.264 e. The second-order valence-corrected chi connectivity index (χ2v) is 16.1. The second kappa shape index (κ2) is 21.2. The van der Waals surface area contributed by atoms with Crippen molar-refractivity contribution in [1.29, 1.82) is 5.26 Å². The van der Waals surface area contributed by atoms with Crippen LogP contribution in [0, 0.1) is 11.3 Å².